The molecule has 0 spiro atoms. The highest BCUT2D eigenvalue weighted by Gasteiger charge is 2.37. The SMILES string of the molecule is C/C=C(\C)CN1C[C@H](N(C)C)C[C@H]1C(=O)O. The average molecular weight is 226 g/mol. The lowest BCUT2D eigenvalue weighted by Crippen LogP contribution is -2.37. The van der Waals surface area contributed by atoms with E-state index in [0.29, 0.717) is 6.04 Å². The van der Waals surface area contributed by atoms with Crippen LogP contribution in [0.15, 0.2) is 11.6 Å². The van der Waals surface area contributed by atoms with Crippen LogP contribution in [0.3, 0.4) is 0 Å². The summed E-state index contributed by atoms with van der Waals surface area (Å²) in [7, 11) is 4.02. The predicted molar refractivity (Wildman–Crippen MR) is 64.5 cm³/mol. The highest BCUT2D eigenvalue weighted by molar-refractivity contribution is 5.74. The molecule has 1 saturated heterocycles. The highest BCUT2D eigenvalue weighted by Crippen LogP contribution is 2.22. The molecule has 16 heavy (non-hydrogen) atoms. The van der Waals surface area contributed by atoms with E-state index in [-0.39, 0.29) is 6.04 Å². The van der Waals surface area contributed by atoms with Gasteiger partial charge in [-0.05, 0) is 34.4 Å². The second-order valence-corrected chi connectivity index (χ2v) is 4.77. The first-order valence-corrected chi connectivity index (χ1v) is 5.70. The molecule has 0 bridgehead atoms. The number of likely N-dealkylation sites (tertiary alicyclic amines) is 1. The van der Waals surface area contributed by atoms with Crippen molar-refractivity contribution in [2.24, 2.45) is 0 Å². The maximum absolute atomic E-state index is 11.2. The van der Waals surface area contributed by atoms with Crippen LogP contribution in [0.2, 0.25) is 0 Å². The van der Waals surface area contributed by atoms with Gasteiger partial charge in [-0.3, -0.25) is 9.69 Å². The molecule has 0 aromatic rings. The van der Waals surface area contributed by atoms with Gasteiger partial charge in [-0.1, -0.05) is 11.6 Å². The lowest BCUT2D eigenvalue weighted by molar-refractivity contribution is -0.142. The Kier molecular flexibility index (Phi) is 4.50. The monoisotopic (exact) mass is 226 g/mol. The second-order valence-electron chi connectivity index (χ2n) is 4.77. The number of likely N-dealkylation sites (N-methyl/N-ethyl adjacent to an activating group) is 1. The van der Waals surface area contributed by atoms with Gasteiger partial charge >= 0.3 is 5.97 Å². The van der Waals surface area contributed by atoms with Crippen molar-refractivity contribution in [1.82, 2.24) is 9.80 Å². The summed E-state index contributed by atoms with van der Waals surface area (Å²) in [6, 6.07) is 0.0213. The molecule has 4 heteroatoms. The Morgan fingerprint density at radius 2 is 2.19 bits per heavy atom. The Morgan fingerprint density at radius 3 is 2.62 bits per heavy atom. The summed E-state index contributed by atoms with van der Waals surface area (Å²) in [5.74, 6) is -0.701. The van der Waals surface area contributed by atoms with Crippen molar-refractivity contribution in [1.29, 1.82) is 0 Å². The van der Waals surface area contributed by atoms with Crippen LogP contribution in [0, 0.1) is 0 Å². The van der Waals surface area contributed by atoms with Crippen LogP contribution in [-0.2, 0) is 4.79 Å². The van der Waals surface area contributed by atoms with E-state index in [0.717, 1.165) is 19.5 Å². The largest absolute Gasteiger partial charge is 0.480 e. The molecule has 0 aromatic carbocycles. The lowest BCUT2D eigenvalue weighted by Gasteiger charge is -2.22. The van der Waals surface area contributed by atoms with Crippen molar-refractivity contribution in [3.63, 3.8) is 0 Å². The number of allylic oxidation sites excluding steroid dienone is 1. The maximum Gasteiger partial charge on any atom is 0.320 e. The Morgan fingerprint density at radius 1 is 1.56 bits per heavy atom. The average Bonchev–Trinajstić information content (AvgIpc) is 2.61. The fourth-order valence-corrected chi connectivity index (χ4v) is 2.10. The van der Waals surface area contributed by atoms with E-state index in [1.807, 2.05) is 34.0 Å². The van der Waals surface area contributed by atoms with Gasteiger partial charge in [0.05, 0.1) is 0 Å². The van der Waals surface area contributed by atoms with Gasteiger partial charge in [0.15, 0.2) is 0 Å². The van der Waals surface area contributed by atoms with Crippen molar-refractivity contribution < 1.29 is 9.90 Å². The van der Waals surface area contributed by atoms with Crippen LogP contribution < -0.4 is 0 Å². The molecule has 92 valence electrons. The van der Waals surface area contributed by atoms with Gasteiger partial charge in [-0.25, -0.2) is 0 Å². The normalized spacial score (nSPS) is 27.7. The van der Waals surface area contributed by atoms with Crippen molar-refractivity contribution in [3.8, 4) is 0 Å². The third-order valence-corrected chi connectivity index (χ3v) is 3.34. The molecule has 0 amide bonds. The number of carboxylic acid groups (broad SMARTS) is 1. The maximum atomic E-state index is 11.2. The fourth-order valence-electron chi connectivity index (χ4n) is 2.10. The minimum Gasteiger partial charge on any atom is -0.480 e. The van der Waals surface area contributed by atoms with Crippen molar-refractivity contribution in [2.75, 3.05) is 27.2 Å². The van der Waals surface area contributed by atoms with E-state index >= 15 is 0 Å². The molecule has 2 atom stereocenters. The zero-order valence-electron chi connectivity index (χ0n) is 10.6. The third-order valence-electron chi connectivity index (χ3n) is 3.34. The summed E-state index contributed by atoms with van der Waals surface area (Å²) in [6.45, 7) is 5.64. The van der Waals surface area contributed by atoms with Crippen LogP contribution in [0.25, 0.3) is 0 Å². The van der Waals surface area contributed by atoms with E-state index in [9.17, 15) is 9.90 Å². The van der Waals surface area contributed by atoms with Gasteiger partial charge < -0.3 is 10.0 Å². The first kappa shape index (κ1) is 13.2. The molecule has 0 saturated carbocycles. The van der Waals surface area contributed by atoms with Crippen LogP contribution in [0.4, 0.5) is 0 Å². The number of nitrogens with zero attached hydrogens (tertiary/aromatic N) is 2. The molecular formula is C12H22N2O2. The number of carboxylic acids is 1. The molecule has 1 heterocycles. The summed E-state index contributed by atoms with van der Waals surface area (Å²) >= 11 is 0. The smallest absolute Gasteiger partial charge is 0.320 e. The van der Waals surface area contributed by atoms with Crippen molar-refractivity contribution >= 4 is 5.97 Å². The minimum atomic E-state index is -0.701. The Bertz CT molecular complexity index is 287. The number of hydrogen-bond acceptors (Lipinski definition) is 3. The molecule has 0 aromatic heterocycles. The summed E-state index contributed by atoms with van der Waals surface area (Å²) in [6.07, 6.45) is 2.77. The molecule has 1 N–H and O–H groups in total. The molecule has 0 radical (unpaired) electrons. The summed E-state index contributed by atoms with van der Waals surface area (Å²) in [5, 5.41) is 9.19. The minimum absolute atomic E-state index is 0.331. The first-order valence-electron chi connectivity index (χ1n) is 5.70. The van der Waals surface area contributed by atoms with Crippen molar-refractivity contribution in [3.05, 3.63) is 11.6 Å². The van der Waals surface area contributed by atoms with Gasteiger partial charge in [0, 0.05) is 19.1 Å². The highest BCUT2D eigenvalue weighted by atomic mass is 16.4. The van der Waals surface area contributed by atoms with Gasteiger partial charge in [-0.15, -0.1) is 0 Å². The zero-order chi connectivity index (χ0) is 12.3. The van der Waals surface area contributed by atoms with E-state index in [4.69, 9.17) is 0 Å². The molecular weight excluding hydrogens is 204 g/mol. The Hall–Kier alpha value is -0.870. The Balaban J connectivity index is 2.70. The second kappa shape index (κ2) is 5.46. The molecule has 0 unspecified atom stereocenters. The van der Waals surface area contributed by atoms with Crippen LogP contribution in [0.5, 0.6) is 0 Å². The summed E-state index contributed by atoms with van der Waals surface area (Å²) < 4.78 is 0. The standard InChI is InChI=1S/C12H22N2O2/c1-5-9(2)7-14-8-10(13(3)4)6-11(14)12(15)16/h5,10-11H,6-8H2,1-4H3,(H,15,16)/b9-5+/t10-,11+/m1/s1. The van der Waals surface area contributed by atoms with E-state index in [2.05, 4.69) is 9.80 Å². The Labute approximate surface area is 97.5 Å². The summed E-state index contributed by atoms with van der Waals surface area (Å²) in [5.41, 5.74) is 1.23. The molecule has 1 fully saturated rings. The molecule has 1 aliphatic heterocycles. The zero-order valence-corrected chi connectivity index (χ0v) is 10.6. The third kappa shape index (κ3) is 3.06. The van der Waals surface area contributed by atoms with Crippen molar-refractivity contribution in [2.45, 2.75) is 32.4 Å². The summed E-state index contributed by atoms with van der Waals surface area (Å²) in [4.78, 5) is 15.3. The lowest BCUT2D eigenvalue weighted by atomic mass is 10.1. The first-order chi connectivity index (χ1) is 7.45. The number of aliphatic carboxylic acids is 1. The quantitative estimate of drug-likeness (QED) is 0.727. The number of rotatable bonds is 4. The van der Waals surface area contributed by atoms with E-state index in [1.165, 1.54) is 5.57 Å². The van der Waals surface area contributed by atoms with Gasteiger partial charge in [0.25, 0.3) is 0 Å². The van der Waals surface area contributed by atoms with Crippen LogP contribution in [-0.4, -0.2) is 60.1 Å². The topological polar surface area (TPSA) is 43.8 Å². The molecule has 0 aliphatic carbocycles. The van der Waals surface area contributed by atoms with Gasteiger partial charge in [0.1, 0.15) is 6.04 Å². The molecule has 1 aliphatic rings. The number of hydrogen-bond donors (Lipinski definition) is 1. The van der Waals surface area contributed by atoms with E-state index < -0.39 is 5.97 Å². The van der Waals surface area contributed by atoms with E-state index in [1.54, 1.807) is 0 Å². The van der Waals surface area contributed by atoms with Gasteiger partial charge in [-0.2, -0.15) is 0 Å². The molecule has 1 rings (SSSR count). The predicted octanol–water partition coefficient (Wildman–Crippen LogP) is 1.04. The van der Waals surface area contributed by atoms with Crippen LogP contribution >= 0.6 is 0 Å². The molecule has 4 nitrogen and oxygen atoms in total. The van der Waals surface area contributed by atoms with Gasteiger partial charge in [0.2, 0.25) is 0 Å². The van der Waals surface area contributed by atoms with Crippen LogP contribution in [0.1, 0.15) is 20.3 Å². The fraction of sp³-hybridized carbons (Fsp3) is 0.750. The number of carbonyl (C=O) groups is 1.